The molecule has 6 nitrogen and oxygen atoms in total. The number of carbonyl (C=O) groups is 1. The van der Waals surface area contributed by atoms with Gasteiger partial charge in [0.2, 0.25) is 5.91 Å². The van der Waals surface area contributed by atoms with Crippen LogP contribution in [0.15, 0.2) is 60.2 Å². The fraction of sp³-hybridized carbons (Fsp3) is 0.286. The number of carbonyl (C=O) groups excluding carboxylic acids is 1. The van der Waals surface area contributed by atoms with Crippen molar-refractivity contribution >= 4 is 22.9 Å². The van der Waals surface area contributed by atoms with E-state index >= 15 is 0 Å². The summed E-state index contributed by atoms with van der Waals surface area (Å²) in [5.41, 5.74) is 2.84. The maximum Gasteiger partial charge on any atom is 0.226 e. The Balaban J connectivity index is 1.39. The Kier molecular flexibility index (Phi) is 6.06. The van der Waals surface area contributed by atoms with Crippen molar-refractivity contribution in [3.8, 4) is 11.3 Å². The van der Waals surface area contributed by atoms with Gasteiger partial charge in [0, 0.05) is 36.1 Å². The van der Waals surface area contributed by atoms with Crippen molar-refractivity contribution in [3.05, 3.63) is 65.2 Å². The molecule has 1 saturated heterocycles. The number of rotatable bonds is 6. The Morgan fingerprint density at radius 1 is 1.25 bits per heavy atom. The lowest BCUT2D eigenvalue weighted by Gasteiger charge is -2.34. The van der Waals surface area contributed by atoms with E-state index in [0.29, 0.717) is 25.3 Å². The third kappa shape index (κ3) is 4.81. The molecular weight excluding hydrogens is 372 g/mol. The normalized spacial score (nSPS) is 17.4. The lowest BCUT2D eigenvalue weighted by Crippen LogP contribution is -2.46. The van der Waals surface area contributed by atoms with Crippen LogP contribution in [0.2, 0.25) is 0 Å². The van der Waals surface area contributed by atoms with Crippen molar-refractivity contribution in [2.24, 2.45) is 0 Å². The number of thiazole rings is 1. The number of amides is 1. The molecule has 1 aliphatic rings. The second-order valence-electron chi connectivity index (χ2n) is 6.69. The summed E-state index contributed by atoms with van der Waals surface area (Å²) in [5.74, 6) is -0.0300. The van der Waals surface area contributed by atoms with E-state index in [0.717, 1.165) is 29.4 Å². The van der Waals surface area contributed by atoms with Gasteiger partial charge in [0.05, 0.1) is 37.3 Å². The summed E-state index contributed by atoms with van der Waals surface area (Å²) in [6.07, 6.45) is 3.71. The summed E-state index contributed by atoms with van der Waals surface area (Å²) in [5, 5.41) is 6.05. The quantitative estimate of drug-likeness (QED) is 0.694. The number of nitrogens with zero attached hydrogens (tertiary/aromatic N) is 3. The average Bonchev–Trinajstić information content (AvgIpc) is 3.19. The third-order valence-corrected chi connectivity index (χ3v) is 5.51. The van der Waals surface area contributed by atoms with E-state index in [9.17, 15) is 4.79 Å². The highest BCUT2D eigenvalue weighted by atomic mass is 32.1. The Bertz CT molecular complexity index is 901. The number of nitrogens with one attached hydrogen (secondary N) is 1. The average molecular weight is 395 g/mol. The first-order valence-electron chi connectivity index (χ1n) is 9.29. The molecule has 0 saturated carbocycles. The molecule has 0 radical (unpaired) electrons. The zero-order chi connectivity index (χ0) is 19.2. The van der Waals surface area contributed by atoms with E-state index in [1.54, 1.807) is 29.8 Å². The molecule has 0 bridgehead atoms. The largest absolute Gasteiger partial charge is 0.378 e. The first-order valence-corrected chi connectivity index (χ1v) is 10.2. The molecule has 144 valence electrons. The van der Waals surface area contributed by atoms with Gasteiger partial charge in [-0.2, -0.15) is 0 Å². The minimum Gasteiger partial charge on any atom is -0.378 e. The molecule has 1 amide bonds. The minimum atomic E-state index is -0.0300. The fourth-order valence-electron chi connectivity index (χ4n) is 3.25. The van der Waals surface area contributed by atoms with Crippen molar-refractivity contribution in [1.29, 1.82) is 0 Å². The monoisotopic (exact) mass is 394 g/mol. The highest BCUT2D eigenvalue weighted by molar-refractivity contribution is 7.09. The molecule has 3 heterocycles. The smallest absolute Gasteiger partial charge is 0.226 e. The van der Waals surface area contributed by atoms with Crippen LogP contribution in [0.5, 0.6) is 0 Å². The maximum atomic E-state index is 12.4. The van der Waals surface area contributed by atoms with Crippen LogP contribution in [-0.2, 0) is 16.1 Å². The molecule has 4 rings (SSSR count). The summed E-state index contributed by atoms with van der Waals surface area (Å²) >= 11 is 1.66. The fourth-order valence-corrected chi connectivity index (χ4v) is 4.07. The van der Waals surface area contributed by atoms with Gasteiger partial charge in [0.25, 0.3) is 0 Å². The topological polar surface area (TPSA) is 67.3 Å². The number of benzene rings is 1. The summed E-state index contributed by atoms with van der Waals surface area (Å²) in [4.78, 5) is 23.5. The zero-order valence-electron chi connectivity index (χ0n) is 15.5. The number of hydrogen-bond acceptors (Lipinski definition) is 6. The number of pyridine rings is 1. The van der Waals surface area contributed by atoms with Crippen molar-refractivity contribution in [2.45, 2.75) is 19.0 Å². The number of morpholine rings is 1. The van der Waals surface area contributed by atoms with Crippen molar-refractivity contribution in [2.75, 3.05) is 25.1 Å². The molecule has 2 aromatic heterocycles. The second-order valence-corrected chi connectivity index (χ2v) is 7.63. The highest BCUT2D eigenvalue weighted by Crippen LogP contribution is 2.24. The van der Waals surface area contributed by atoms with Crippen molar-refractivity contribution in [3.63, 3.8) is 0 Å². The Morgan fingerprint density at radius 3 is 2.96 bits per heavy atom. The molecule has 1 aromatic carbocycles. The van der Waals surface area contributed by atoms with Crippen LogP contribution in [0.4, 0.5) is 5.69 Å². The highest BCUT2D eigenvalue weighted by Gasteiger charge is 2.26. The Labute approximate surface area is 168 Å². The SMILES string of the molecule is O=C(C[C@@H]1COCCN1Cc1nc(-c2ccccc2)cs1)Nc1cccnc1. The Morgan fingerprint density at radius 2 is 2.14 bits per heavy atom. The second kappa shape index (κ2) is 9.05. The molecular formula is C21H22N4O2S. The lowest BCUT2D eigenvalue weighted by molar-refractivity contribution is -0.119. The van der Waals surface area contributed by atoms with E-state index in [1.165, 1.54) is 0 Å². The molecule has 1 N–H and O–H groups in total. The number of anilines is 1. The predicted molar refractivity (Wildman–Crippen MR) is 110 cm³/mol. The van der Waals surface area contributed by atoms with Crippen LogP contribution in [0, 0.1) is 0 Å². The van der Waals surface area contributed by atoms with Crippen LogP contribution in [0.25, 0.3) is 11.3 Å². The van der Waals surface area contributed by atoms with Gasteiger partial charge >= 0.3 is 0 Å². The zero-order valence-corrected chi connectivity index (χ0v) is 16.3. The summed E-state index contributed by atoms with van der Waals surface area (Å²) < 4.78 is 5.62. The molecule has 1 atom stereocenters. The summed E-state index contributed by atoms with van der Waals surface area (Å²) in [6.45, 7) is 2.76. The van der Waals surface area contributed by atoms with E-state index < -0.39 is 0 Å². The van der Waals surface area contributed by atoms with Gasteiger partial charge in [0.1, 0.15) is 5.01 Å². The first kappa shape index (κ1) is 18.7. The van der Waals surface area contributed by atoms with E-state index in [-0.39, 0.29) is 11.9 Å². The van der Waals surface area contributed by atoms with Gasteiger partial charge in [-0.15, -0.1) is 11.3 Å². The minimum absolute atomic E-state index is 0.0300. The van der Waals surface area contributed by atoms with Gasteiger partial charge in [-0.3, -0.25) is 14.7 Å². The summed E-state index contributed by atoms with van der Waals surface area (Å²) in [7, 11) is 0. The van der Waals surface area contributed by atoms with Crippen molar-refractivity contribution in [1.82, 2.24) is 14.9 Å². The lowest BCUT2D eigenvalue weighted by atomic mass is 10.1. The van der Waals surface area contributed by atoms with Crippen molar-refractivity contribution < 1.29 is 9.53 Å². The number of aromatic nitrogens is 2. The molecule has 3 aromatic rings. The van der Waals surface area contributed by atoms with Crippen LogP contribution in [0.1, 0.15) is 11.4 Å². The predicted octanol–water partition coefficient (Wildman–Crippen LogP) is 3.43. The standard InChI is InChI=1S/C21H22N4O2S/c26-20(23-17-7-4-8-22-12-17)11-18-14-27-10-9-25(18)13-21-24-19(15-28-21)16-5-2-1-3-6-16/h1-8,12,15,18H,9-11,13-14H2,(H,23,26)/t18-/m1/s1. The molecule has 0 unspecified atom stereocenters. The van der Waals surface area contributed by atoms with Gasteiger partial charge in [-0.05, 0) is 12.1 Å². The van der Waals surface area contributed by atoms with Crippen LogP contribution < -0.4 is 5.32 Å². The first-order chi connectivity index (χ1) is 13.8. The van der Waals surface area contributed by atoms with Crippen LogP contribution in [0.3, 0.4) is 0 Å². The molecule has 7 heteroatoms. The molecule has 28 heavy (non-hydrogen) atoms. The third-order valence-electron chi connectivity index (χ3n) is 4.68. The van der Waals surface area contributed by atoms with E-state index in [2.05, 4.69) is 32.7 Å². The van der Waals surface area contributed by atoms with Gasteiger partial charge in [-0.1, -0.05) is 30.3 Å². The molecule has 1 fully saturated rings. The van der Waals surface area contributed by atoms with Gasteiger partial charge in [-0.25, -0.2) is 4.98 Å². The van der Waals surface area contributed by atoms with E-state index in [4.69, 9.17) is 9.72 Å². The van der Waals surface area contributed by atoms with Crippen LogP contribution in [-0.4, -0.2) is 46.6 Å². The molecule has 1 aliphatic heterocycles. The Hall–Kier alpha value is -2.61. The number of ether oxygens (including phenoxy) is 1. The molecule has 0 spiro atoms. The van der Waals surface area contributed by atoms with Gasteiger partial charge in [0.15, 0.2) is 0 Å². The molecule has 0 aliphatic carbocycles. The maximum absolute atomic E-state index is 12.4. The van der Waals surface area contributed by atoms with E-state index in [1.807, 2.05) is 24.3 Å². The number of hydrogen-bond donors (Lipinski definition) is 1. The van der Waals surface area contributed by atoms with Gasteiger partial charge < -0.3 is 10.1 Å². The summed E-state index contributed by atoms with van der Waals surface area (Å²) in [6, 6.07) is 13.9. The van der Waals surface area contributed by atoms with Crippen LogP contribution >= 0.6 is 11.3 Å².